The molecule has 0 aromatic heterocycles. The molecule has 2 aromatic carbocycles. The van der Waals surface area contributed by atoms with E-state index in [0.717, 1.165) is 29.4 Å². The molecule has 0 fully saturated rings. The minimum absolute atomic E-state index is 0.203. The Morgan fingerprint density at radius 2 is 1.76 bits per heavy atom. The summed E-state index contributed by atoms with van der Waals surface area (Å²) in [5, 5.41) is 20.1. The molecule has 0 saturated heterocycles. The van der Waals surface area contributed by atoms with Gasteiger partial charge >= 0.3 is 0 Å². The molecule has 0 saturated carbocycles. The molecule has 2 N–H and O–H groups in total. The van der Waals surface area contributed by atoms with Gasteiger partial charge in [-0.1, -0.05) is 12.1 Å². The smallest absolute Gasteiger partial charge is 0.119 e. The van der Waals surface area contributed by atoms with Gasteiger partial charge in [-0.2, -0.15) is 0 Å². The predicted octanol–water partition coefficient (Wildman–Crippen LogP) is 2.70. The molecule has 90 valence electrons. The first-order valence-electron chi connectivity index (χ1n) is 5.76. The summed E-state index contributed by atoms with van der Waals surface area (Å²) in [6, 6.07) is 11.1. The molecule has 3 nitrogen and oxygen atoms in total. The Hall–Kier alpha value is -1.74. The van der Waals surface area contributed by atoms with Gasteiger partial charge < -0.3 is 14.9 Å². The van der Waals surface area contributed by atoms with Gasteiger partial charge in [0.1, 0.15) is 11.5 Å². The summed E-state index contributed by atoms with van der Waals surface area (Å²) < 4.78 is 5.56. The van der Waals surface area contributed by atoms with Gasteiger partial charge in [-0.25, -0.2) is 0 Å². The lowest BCUT2D eigenvalue weighted by molar-refractivity contribution is 0.253. The van der Waals surface area contributed by atoms with Crippen molar-refractivity contribution in [1.29, 1.82) is 0 Å². The highest BCUT2D eigenvalue weighted by atomic mass is 16.5. The van der Waals surface area contributed by atoms with Gasteiger partial charge in [0.15, 0.2) is 0 Å². The number of hydrogen-bond donors (Lipinski definition) is 2. The van der Waals surface area contributed by atoms with Crippen molar-refractivity contribution in [2.75, 3.05) is 13.2 Å². The Morgan fingerprint density at radius 3 is 2.59 bits per heavy atom. The van der Waals surface area contributed by atoms with E-state index < -0.39 is 0 Å². The Morgan fingerprint density at radius 1 is 0.941 bits per heavy atom. The van der Waals surface area contributed by atoms with Crippen molar-refractivity contribution < 1.29 is 14.9 Å². The second-order valence-corrected chi connectivity index (χ2v) is 3.97. The van der Waals surface area contributed by atoms with E-state index in [2.05, 4.69) is 0 Å². The fourth-order valence-corrected chi connectivity index (χ4v) is 1.71. The lowest BCUT2D eigenvalue weighted by Gasteiger charge is -2.07. The third-order valence-electron chi connectivity index (χ3n) is 2.62. The molecule has 0 bridgehead atoms. The Bertz CT molecular complexity index is 494. The zero-order chi connectivity index (χ0) is 12.1. The van der Waals surface area contributed by atoms with Crippen LogP contribution in [0.5, 0.6) is 11.5 Å². The van der Waals surface area contributed by atoms with E-state index in [0.29, 0.717) is 6.61 Å². The van der Waals surface area contributed by atoms with Crippen LogP contribution in [0.1, 0.15) is 12.8 Å². The summed E-state index contributed by atoms with van der Waals surface area (Å²) >= 11 is 0. The molecule has 0 heterocycles. The van der Waals surface area contributed by atoms with Crippen LogP contribution in [0, 0.1) is 0 Å². The summed E-state index contributed by atoms with van der Waals surface area (Å²) in [4.78, 5) is 0. The molecule has 0 amide bonds. The lowest BCUT2D eigenvalue weighted by Crippen LogP contribution is -1.98. The second-order valence-electron chi connectivity index (χ2n) is 3.97. The van der Waals surface area contributed by atoms with Crippen molar-refractivity contribution in [3.8, 4) is 11.5 Å². The van der Waals surface area contributed by atoms with E-state index in [4.69, 9.17) is 9.84 Å². The van der Waals surface area contributed by atoms with Crippen molar-refractivity contribution in [3.63, 3.8) is 0 Å². The zero-order valence-electron chi connectivity index (χ0n) is 9.60. The maximum Gasteiger partial charge on any atom is 0.119 e. The third kappa shape index (κ3) is 3.11. The maximum absolute atomic E-state index is 9.40. The molecular formula is C14H16O3. The first kappa shape index (κ1) is 11.7. The number of ether oxygens (including phenoxy) is 1. The topological polar surface area (TPSA) is 49.7 Å². The van der Waals surface area contributed by atoms with Crippen LogP contribution >= 0.6 is 0 Å². The molecule has 0 aliphatic carbocycles. The summed E-state index contributed by atoms with van der Waals surface area (Å²) in [5.41, 5.74) is 0. The summed E-state index contributed by atoms with van der Waals surface area (Å²) in [5.74, 6) is 1.05. The quantitative estimate of drug-likeness (QED) is 0.779. The largest absolute Gasteiger partial charge is 0.508 e. The summed E-state index contributed by atoms with van der Waals surface area (Å²) in [7, 11) is 0. The van der Waals surface area contributed by atoms with Crippen molar-refractivity contribution in [3.05, 3.63) is 36.4 Å². The standard InChI is InChI=1S/C14H16O3/c15-7-1-2-8-17-14-6-4-11-3-5-13(16)9-12(11)10-14/h3-6,9-10,15-16H,1-2,7-8H2. The van der Waals surface area contributed by atoms with Gasteiger partial charge in [0.05, 0.1) is 6.61 Å². The van der Waals surface area contributed by atoms with Crippen LogP contribution in [0.4, 0.5) is 0 Å². The van der Waals surface area contributed by atoms with Crippen molar-refractivity contribution in [1.82, 2.24) is 0 Å². The highest BCUT2D eigenvalue weighted by molar-refractivity contribution is 5.85. The number of hydrogen-bond acceptors (Lipinski definition) is 3. The van der Waals surface area contributed by atoms with E-state index in [1.165, 1.54) is 0 Å². The minimum atomic E-state index is 0.203. The fraction of sp³-hybridized carbons (Fsp3) is 0.286. The minimum Gasteiger partial charge on any atom is -0.508 e. The number of rotatable bonds is 5. The number of benzene rings is 2. The van der Waals surface area contributed by atoms with Crippen molar-refractivity contribution in [2.24, 2.45) is 0 Å². The average Bonchev–Trinajstić information content (AvgIpc) is 2.34. The maximum atomic E-state index is 9.40. The molecule has 0 atom stereocenters. The SMILES string of the molecule is OCCCCOc1ccc2ccc(O)cc2c1. The molecule has 17 heavy (non-hydrogen) atoms. The van der Waals surface area contributed by atoms with Gasteiger partial charge in [0.2, 0.25) is 0 Å². The zero-order valence-corrected chi connectivity index (χ0v) is 9.60. The number of phenolic OH excluding ortho intramolecular Hbond substituents is 1. The van der Waals surface area contributed by atoms with Gasteiger partial charge in [-0.15, -0.1) is 0 Å². The van der Waals surface area contributed by atoms with Crippen LogP contribution in [0.15, 0.2) is 36.4 Å². The van der Waals surface area contributed by atoms with E-state index in [-0.39, 0.29) is 12.4 Å². The van der Waals surface area contributed by atoms with Crippen molar-refractivity contribution >= 4 is 10.8 Å². The average molecular weight is 232 g/mol. The molecule has 0 aliphatic heterocycles. The molecule has 0 unspecified atom stereocenters. The number of aromatic hydroxyl groups is 1. The molecule has 0 spiro atoms. The summed E-state index contributed by atoms with van der Waals surface area (Å²) in [6.45, 7) is 0.805. The second kappa shape index (κ2) is 5.55. The van der Waals surface area contributed by atoms with E-state index >= 15 is 0 Å². The highest BCUT2D eigenvalue weighted by Crippen LogP contribution is 2.24. The number of phenols is 1. The Kier molecular flexibility index (Phi) is 3.83. The van der Waals surface area contributed by atoms with Crippen LogP contribution in [0.3, 0.4) is 0 Å². The van der Waals surface area contributed by atoms with Gasteiger partial charge in [-0.05, 0) is 47.9 Å². The fourth-order valence-electron chi connectivity index (χ4n) is 1.71. The van der Waals surface area contributed by atoms with Crippen LogP contribution in [0.2, 0.25) is 0 Å². The van der Waals surface area contributed by atoms with Gasteiger partial charge in [0.25, 0.3) is 0 Å². The Balaban J connectivity index is 2.08. The summed E-state index contributed by atoms with van der Waals surface area (Å²) in [6.07, 6.45) is 1.60. The van der Waals surface area contributed by atoms with Crippen LogP contribution < -0.4 is 4.74 Å². The van der Waals surface area contributed by atoms with E-state index in [9.17, 15) is 5.11 Å². The molecule has 0 aliphatic rings. The first-order valence-corrected chi connectivity index (χ1v) is 5.76. The van der Waals surface area contributed by atoms with Crippen molar-refractivity contribution in [2.45, 2.75) is 12.8 Å². The van der Waals surface area contributed by atoms with Crippen LogP contribution in [-0.2, 0) is 0 Å². The Labute approximate surface area is 100 Å². The number of aliphatic hydroxyl groups excluding tert-OH is 1. The van der Waals surface area contributed by atoms with E-state index in [1.807, 2.05) is 24.3 Å². The van der Waals surface area contributed by atoms with E-state index in [1.54, 1.807) is 12.1 Å². The number of unbranched alkanes of at least 4 members (excludes halogenated alkanes) is 1. The monoisotopic (exact) mass is 232 g/mol. The number of aliphatic hydroxyl groups is 1. The predicted molar refractivity (Wildman–Crippen MR) is 67.4 cm³/mol. The normalized spacial score (nSPS) is 10.6. The highest BCUT2D eigenvalue weighted by Gasteiger charge is 1.98. The molecule has 2 aromatic rings. The first-order chi connectivity index (χ1) is 8.29. The number of fused-ring (bicyclic) bond motifs is 1. The van der Waals surface area contributed by atoms with Gasteiger partial charge in [-0.3, -0.25) is 0 Å². The van der Waals surface area contributed by atoms with Crippen LogP contribution in [0.25, 0.3) is 10.8 Å². The molecule has 3 heteroatoms. The lowest BCUT2D eigenvalue weighted by atomic mass is 10.1. The van der Waals surface area contributed by atoms with Crippen LogP contribution in [-0.4, -0.2) is 23.4 Å². The molecular weight excluding hydrogens is 216 g/mol. The molecule has 2 rings (SSSR count). The molecule has 0 radical (unpaired) electrons. The third-order valence-corrected chi connectivity index (χ3v) is 2.62. The van der Waals surface area contributed by atoms with Gasteiger partial charge in [0, 0.05) is 6.61 Å².